The summed E-state index contributed by atoms with van der Waals surface area (Å²) in [6.07, 6.45) is 4.30. The van der Waals surface area contributed by atoms with E-state index >= 15 is 0 Å². The van der Waals surface area contributed by atoms with Crippen molar-refractivity contribution in [2.24, 2.45) is 5.10 Å². The maximum atomic E-state index is 9.21. The van der Waals surface area contributed by atoms with Gasteiger partial charge < -0.3 is 10.2 Å². The molecule has 6 nitrogen and oxygen atoms in total. The van der Waals surface area contributed by atoms with Gasteiger partial charge in [-0.25, -0.2) is 4.98 Å². The first-order chi connectivity index (χ1) is 7.25. The second-order valence-corrected chi connectivity index (χ2v) is 2.81. The van der Waals surface area contributed by atoms with Gasteiger partial charge in [-0.2, -0.15) is 5.10 Å². The van der Waals surface area contributed by atoms with Gasteiger partial charge in [-0.05, 0) is 23.8 Å². The molecule has 0 fully saturated rings. The molecule has 0 saturated heterocycles. The lowest BCUT2D eigenvalue weighted by Crippen LogP contribution is -1.90. The minimum absolute atomic E-state index is 0.159. The number of aromatic nitrogens is 3. The zero-order valence-corrected chi connectivity index (χ0v) is 7.65. The van der Waals surface area contributed by atoms with Crippen molar-refractivity contribution in [1.82, 2.24) is 14.9 Å². The molecule has 0 aliphatic carbocycles. The third kappa shape index (κ3) is 2.11. The van der Waals surface area contributed by atoms with Gasteiger partial charge >= 0.3 is 0 Å². The lowest BCUT2D eigenvalue weighted by Gasteiger charge is -1.97. The van der Waals surface area contributed by atoms with Crippen molar-refractivity contribution in [2.45, 2.75) is 0 Å². The van der Waals surface area contributed by atoms with Crippen molar-refractivity contribution in [3.05, 3.63) is 36.4 Å². The number of hydrogen-bond donors (Lipinski definition) is 2. The Labute approximate surface area is 85.1 Å². The van der Waals surface area contributed by atoms with Gasteiger partial charge in [0.25, 0.3) is 0 Å². The van der Waals surface area contributed by atoms with E-state index in [1.165, 1.54) is 35.8 Å². The van der Waals surface area contributed by atoms with E-state index in [-0.39, 0.29) is 11.5 Å². The SMILES string of the molecule is Oc1ccc(/C=N/n2cncn2)cc1O. The van der Waals surface area contributed by atoms with E-state index in [9.17, 15) is 5.11 Å². The molecule has 2 N–H and O–H groups in total. The van der Waals surface area contributed by atoms with Crippen LogP contribution >= 0.6 is 0 Å². The zero-order chi connectivity index (χ0) is 10.7. The Balaban J connectivity index is 2.21. The van der Waals surface area contributed by atoms with E-state index < -0.39 is 0 Å². The quantitative estimate of drug-likeness (QED) is 0.553. The van der Waals surface area contributed by atoms with Crippen LogP contribution in [0.4, 0.5) is 0 Å². The van der Waals surface area contributed by atoms with E-state index in [2.05, 4.69) is 15.2 Å². The molecular weight excluding hydrogens is 196 g/mol. The van der Waals surface area contributed by atoms with E-state index in [1.807, 2.05) is 0 Å². The van der Waals surface area contributed by atoms with E-state index in [0.29, 0.717) is 5.56 Å². The maximum absolute atomic E-state index is 9.21. The largest absolute Gasteiger partial charge is 0.504 e. The van der Waals surface area contributed by atoms with Crippen LogP contribution in [0.15, 0.2) is 36.0 Å². The molecule has 2 aromatic rings. The Hall–Kier alpha value is -2.37. The van der Waals surface area contributed by atoms with Crippen LogP contribution < -0.4 is 0 Å². The predicted molar refractivity (Wildman–Crippen MR) is 52.8 cm³/mol. The fraction of sp³-hybridized carbons (Fsp3) is 0. The monoisotopic (exact) mass is 204 g/mol. The number of aromatic hydroxyl groups is 2. The van der Waals surface area contributed by atoms with E-state index in [1.54, 1.807) is 6.07 Å². The van der Waals surface area contributed by atoms with Crippen LogP contribution in [0.2, 0.25) is 0 Å². The van der Waals surface area contributed by atoms with Crippen LogP contribution in [0, 0.1) is 0 Å². The van der Waals surface area contributed by atoms with Crippen LogP contribution in [0.1, 0.15) is 5.56 Å². The molecule has 0 spiro atoms. The summed E-state index contributed by atoms with van der Waals surface area (Å²) in [4.78, 5) is 5.00. The molecule has 1 aromatic carbocycles. The molecule has 1 aromatic heterocycles. The van der Waals surface area contributed by atoms with Gasteiger partial charge in [-0.15, -0.1) is 9.89 Å². The highest BCUT2D eigenvalue weighted by molar-refractivity contribution is 5.80. The Morgan fingerprint density at radius 3 is 2.80 bits per heavy atom. The van der Waals surface area contributed by atoms with Crippen LogP contribution in [0.5, 0.6) is 11.5 Å². The second-order valence-electron chi connectivity index (χ2n) is 2.81. The van der Waals surface area contributed by atoms with Crippen molar-refractivity contribution in [2.75, 3.05) is 0 Å². The van der Waals surface area contributed by atoms with Crippen LogP contribution in [-0.2, 0) is 0 Å². The minimum Gasteiger partial charge on any atom is -0.504 e. The summed E-state index contributed by atoms with van der Waals surface area (Å²) < 4.78 is 0. The average Bonchev–Trinajstić information content (AvgIpc) is 2.73. The van der Waals surface area contributed by atoms with Gasteiger partial charge in [0, 0.05) is 0 Å². The molecule has 0 unspecified atom stereocenters. The number of nitrogens with zero attached hydrogens (tertiary/aromatic N) is 4. The van der Waals surface area contributed by atoms with Gasteiger partial charge in [0.15, 0.2) is 11.5 Å². The Morgan fingerprint density at radius 2 is 2.13 bits per heavy atom. The zero-order valence-electron chi connectivity index (χ0n) is 7.65. The van der Waals surface area contributed by atoms with Crippen molar-refractivity contribution in [3.8, 4) is 11.5 Å². The molecular formula is C9H8N4O2. The van der Waals surface area contributed by atoms with Crippen molar-refractivity contribution in [3.63, 3.8) is 0 Å². The third-order valence-electron chi connectivity index (χ3n) is 1.73. The summed E-state index contributed by atoms with van der Waals surface area (Å²) in [5.41, 5.74) is 0.654. The summed E-state index contributed by atoms with van der Waals surface area (Å²) in [5.74, 6) is -0.342. The summed E-state index contributed by atoms with van der Waals surface area (Å²) in [5, 5.41) is 26.0. The second kappa shape index (κ2) is 3.79. The lowest BCUT2D eigenvalue weighted by molar-refractivity contribution is 0.403. The first-order valence-corrected chi connectivity index (χ1v) is 4.16. The van der Waals surface area contributed by atoms with Crippen LogP contribution in [0.3, 0.4) is 0 Å². The molecule has 76 valence electrons. The van der Waals surface area contributed by atoms with Crippen LogP contribution in [-0.4, -0.2) is 31.3 Å². The molecule has 15 heavy (non-hydrogen) atoms. The van der Waals surface area contributed by atoms with Gasteiger partial charge in [-0.3, -0.25) is 0 Å². The van der Waals surface area contributed by atoms with Crippen LogP contribution in [0.25, 0.3) is 0 Å². The highest BCUT2D eigenvalue weighted by Crippen LogP contribution is 2.23. The fourth-order valence-electron chi connectivity index (χ4n) is 1.01. The first kappa shape index (κ1) is 9.20. The highest BCUT2D eigenvalue weighted by Gasteiger charge is 1.98. The normalized spacial score (nSPS) is 10.9. The maximum Gasteiger partial charge on any atom is 0.158 e. The molecule has 0 aliphatic heterocycles. The van der Waals surface area contributed by atoms with Crippen molar-refractivity contribution in [1.29, 1.82) is 0 Å². The van der Waals surface area contributed by atoms with E-state index in [4.69, 9.17) is 5.11 Å². The van der Waals surface area contributed by atoms with Gasteiger partial charge in [0.1, 0.15) is 12.7 Å². The first-order valence-electron chi connectivity index (χ1n) is 4.16. The van der Waals surface area contributed by atoms with Gasteiger partial charge in [0.05, 0.1) is 6.21 Å². The van der Waals surface area contributed by atoms with E-state index in [0.717, 1.165) is 0 Å². The number of phenols is 2. The molecule has 0 aliphatic rings. The topological polar surface area (TPSA) is 83.5 Å². The lowest BCUT2D eigenvalue weighted by atomic mass is 10.2. The molecule has 6 heteroatoms. The molecule has 0 saturated carbocycles. The van der Waals surface area contributed by atoms with Gasteiger partial charge in [-0.1, -0.05) is 0 Å². The molecule has 0 radical (unpaired) electrons. The standard InChI is InChI=1S/C9H8N4O2/c14-8-2-1-7(3-9(8)15)4-11-13-6-10-5-12-13/h1-6,14-15H/b11-4+. The summed E-state index contributed by atoms with van der Waals surface area (Å²) in [7, 11) is 0. The fourth-order valence-corrected chi connectivity index (χ4v) is 1.01. The third-order valence-corrected chi connectivity index (χ3v) is 1.73. The highest BCUT2D eigenvalue weighted by atomic mass is 16.3. The summed E-state index contributed by atoms with van der Waals surface area (Å²) in [6.45, 7) is 0. The van der Waals surface area contributed by atoms with Gasteiger partial charge in [0.2, 0.25) is 0 Å². The molecule has 0 amide bonds. The molecule has 0 atom stereocenters. The molecule has 0 bridgehead atoms. The predicted octanol–water partition coefficient (Wildman–Crippen LogP) is 0.571. The minimum atomic E-state index is -0.183. The molecule has 2 rings (SSSR count). The van der Waals surface area contributed by atoms with Crippen molar-refractivity contribution < 1.29 is 10.2 Å². The number of phenolic OH excluding ortho intramolecular Hbond substituents is 2. The Morgan fingerprint density at radius 1 is 1.27 bits per heavy atom. The smallest absolute Gasteiger partial charge is 0.158 e. The summed E-state index contributed by atoms with van der Waals surface area (Å²) in [6, 6.07) is 4.41. The Kier molecular flexibility index (Phi) is 2.32. The molecule has 1 heterocycles. The number of benzene rings is 1. The Bertz CT molecular complexity index is 479. The average molecular weight is 204 g/mol. The summed E-state index contributed by atoms with van der Waals surface area (Å²) >= 11 is 0. The number of hydrogen-bond acceptors (Lipinski definition) is 5. The number of rotatable bonds is 2. The van der Waals surface area contributed by atoms with Crippen molar-refractivity contribution >= 4 is 6.21 Å².